The van der Waals surface area contributed by atoms with Crippen LogP contribution in [0.25, 0.3) is 0 Å². The molecule has 1 heterocycles. The zero-order valence-corrected chi connectivity index (χ0v) is 28.5. The van der Waals surface area contributed by atoms with Crippen LogP contribution >= 0.6 is 0 Å². The zero-order valence-electron chi connectivity index (χ0n) is 28.5. The van der Waals surface area contributed by atoms with Crippen molar-refractivity contribution in [3.05, 3.63) is 11.6 Å². The molecule has 5 fully saturated rings. The standard InChI is InChI=1S/C36H56O10/c1-18-10-15-36(30(42)43)17-16-33(5)19(27(36)35(18,7)44)8-9-21-32(4)13-12-22(31(2,3)20(32)11-14-34(21,33)6)45-29-25(39)23(37)24(38)26(46-29)28(40)41/h8,18,20-27,29,37-39,44H,9-17H2,1-7H3,(H,40,41)(H,42,43)/t18-,20+,21-,22+,23+,24+,25-,26+,27-,29-,32+,33-,34-,35-,36+/m1/s1. The molecule has 0 aromatic carbocycles. The Kier molecular flexibility index (Phi) is 7.99. The Balaban J connectivity index is 1.31. The number of aliphatic hydroxyl groups excluding tert-OH is 3. The SMILES string of the molecule is C[C@@H]1CC[C@]2(C(=O)O)CC[C@]3(C)C(=CC[C@@H]4[C@@]5(C)CC[C@H](O[C@@H]6O[C@H](C(=O)O)[C@@H](O)[C@H](O)[C@H]6O)C(C)(C)[C@@H]5CC[C@]43C)[C@@H]2[C@]1(C)O. The molecule has 6 N–H and O–H groups in total. The lowest BCUT2D eigenvalue weighted by atomic mass is 9.33. The van der Waals surface area contributed by atoms with Crippen LogP contribution in [-0.2, 0) is 19.1 Å². The average Bonchev–Trinajstić information content (AvgIpc) is 2.96. The molecular weight excluding hydrogens is 592 g/mol. The van der Waals surface area contributed by atoms with Crippen LogP contribution in [0.1, 0.15) is 106 Å². The first-order valence-corrected chi connectivity index (χ1v) is 17.4. The van der Waals surface area contributed by atoms with Crippen LogP contribution in [0.15, 0.2) is 11.6 Å². The molecule has 6 rings (SSSR count). The first-order chi connectivity index (χ1) is 21.2. The van der Waals surface area contributed by atoms with Gasteiger partial charge in [-0.25, -0.2) is 4.79 Å². The first-order valence-electron chi connectivity index (χ1n) is 17.4. The van der Waals surface area contributed by atoms with Crippen LogP contribution in [0.5, 0.6) is 0 Å². The van der Waals surface area contributed by atoms with E-state index in [0.717, 1.165) is 37.7 Å². The second-order valence-corrected chi connectivity index (χ2v) is 17.6. The van der Waals surface area contributed by atoms with E-state index in [-0.39, 0.29) is 39.6 Å². The maximum absolute atomic E-state index is 13.0. The minimum atomic E-state index is -1.77. The molecule has 4 saturated carbocycles. The van der Waals surface area contributed by atoms with E-state index >= 15 is 0 Å². The van der Waals surface area contributed by atoms with Crippen LogP contribution in [0.2, 0.25) is 0 Å². The molecule has 0 aromatic rings. The van der Waals surface area contributed by atoms with Gasteiger partial charge in [-0.05, 0) is 104 Å². The number of aliphatic hydroxyl groups is 4. The molecule has 6 aliphatic rings. The summed E-state index contributed by atoms with van der Waals surface area (Å²) >= 11 is 0. The molecule has 0 bridgehead atoms. The Morgan fingerprint density at radius 3 is 2.15 bits per heavy atom. The highest BCUT2D eigenvalue weighted by atomic mass is 16.7. The molecule has 0 amide bonds. The van der Waals surface area contributed by atoms with E-state index in [0.29, 0.717) is 31.6 Å². The summed E-state index contributed by atoms with van der Waals surface area (Å²) in [5, 5.41) is 63.5. The van der Waals surface area contributed by atoms with Gasteiger partial charge in [0.2, 0.25) is 0 Å². The van der Waals surface area contributed by atoms with Gasteiger partial charge in [0.15, 0.2) is 12.4 Å². The summed E-state index contributed by atoms with van der Waals surface area (Å²) in [7, 11) is 0. The number of carbonyl (C=O) groups is 2. The second kappa shape index (κ2) is 10.7. The first kappa shape index (κ1) is 34.3. The molecular formula is C36H56O10. The Labute approximate surface area is 272 Å². The number of carboxylic acid groups (broad SMARTS) is 2. The molecule has 5 aliphatic carbocycles. The maximum atomic E-state index is 13.0. The van der Waals surface area contributed by atoms with Gasteiger partial charge in [-0.2, -0.15) is 0 Å². The Morgan fingerprint density at radius 1 is 0.848 bits per heavy atom. The van der Waals surface area contributed by atoms with E-state index in [9.17, 15) is 40.2 Å². The lowest BCUT2D eigenvalue weighted by Gasteiger charge is -2.72. The highest BCUT2D eigenvalue weighted by molar-refractivity contribution is 5.77. The number of hydrogen-bond donors (Lipinski definition) is 6. The monoisotopic (exact) mass is 648 g/mol. The second-order valence-electron chi connectivity index (χ2n) is 17.6. The molecule has 0 spiro atoms. The molecule has 10 heteroatoms. The molecule has 0 aromatic heterocycles. The number of hydrogen-bond acceptors (Lipinski definition) is 8. The molecule has 46 heavy (non-hydrogen) atoms. The molecule has 10 nitrogen and oxygen atoms in total. The quantitative estimate of drug-likeness (QED) is 0.192. The van der Waals surface area contributed by atoms with Crippen molar-refractivity contribution < 1.29 is 49.7 Å². The largest absolute Gasteiger partial charge is 0.481 e. The molecule has 0 radical (unpaired) electrons. The third kappa shape index (κ3) is 4.35. The third-order valence-corrected chi connectivity index (χ3v) is 15.5. The van der Waals surface area contributed by atoms with Gasteiger partial charge in [0.05, 0.1) is 17.1 Å². The molecule has 1 saturated heterocycles. The van der Waals surface area contributed by atoms with Gasteiger partial charge in [-0.1, -0.05) is 53.2 Å². The molecule has 0 unspecified atom stereocenters. The van der Waals surface area contributed by atoms with Crippen molar-refractivity contribution in [3.8, 4) is 0 Å². The molecule has 1 aliphatic heterocycles. The fourth-order valence-electron chi connectivity index (χ4n) is 12.4. The number of ether oxygens (including phenoxy) is 2. The van der Waals surface area contributed by atoms with Crippen LogP contribution < -0.4 is 0 Å². The summed E-state index contributed by atoms with van der Waals surface area (Å²) in [6.07, 6.45) is 0.636. The predicted octanol–water partition coefficient (Wildman–Crippen LogP) is 4.12. The van der Waals surface area contributed by atoms with Crippen LogP contribution in [-0.4, -0.2) is 85.0 Å². The summed E-state index contributed by atoms with van der Waals surface area (Å²) in [6, 6.07) is 0. The van der Waals surface area contributed by atoms with Crippen molar-refractivity contribution in [2.45, 2.75) is 149 Å². The number of fused-ring (bicyclic) bond motifs is 7. The minimum absolute atomic E-state index is 0.00454. The van der Waals surface area contributed by atoms with E-state index in [1.807, 2.05) is 6.92 Å². The normalized spacial score (nSPS) is 54.7. The van der Waals surface area contributed by atoms with Crippen molar-refractivity contribution in [1.82, 2.24) is 0 Å². The van der Waals surface area contributed by atoms with E-state index in [4.69, 9.17) is 9.47 Å². The number of allylic oxidation sites excluding steroid dienone is 1. The number of aliphatic carboxylic acids is 2. The highest BCUT2D eigenvalue weighted by Gasteiger charge is 2.71. The van der Waals surface area contributed by atoms with Crippen LogP contribution in [0, 0.1) is 50.7 Å². The maximum Gasteiger partial charge on any atom is 0.335 e. The van der Waals surface area contributed by atoms with Gasteiger partial charge < -0.3 is 40.1 Å². The fraction of sp³-hybridized carbons (Fsp3) is 0.889. The van der Waals surface area contributed by atoms with Gasteiger partial charge in [-0.3, -0.25) is 4.79 Å². The Bertz CT molecular complexity index is 1290. The third-order valence-electron chi connectivity index (χ3n) is 15.5. The molecule has 260 valence electrons. The number of carboxylic acids is 2. The van der Waals surface area contributed by atoms with E-state index < -0.39 is 59.6 Å². The Hall–Kier alpha value is -1.56. The Morgan fingerprint density at radius 2 is 1.52 bits per heavy atom. The lowest BCUT2D eigenvalue weighted by molar-refractivity contribution is -0.324. The van der Waals surface area contributed by atoms with Crippen LogP contribution in [0.3, 0.4) is 0 Å². The van der Waals surface area contributed by atoms with Gasteiger partial charge in [0.25, 0.3) is 0 Å². The van der Waals surface area contributed by atoms with Crippen molar-refractivity contribution in [1.29, 1.82) is 0 Å². The van der Waals surface area contributed by atoms with Gasteiger partial charge in [-0.15, -0.1) is 0 Å². The van der Waals surface area contributed by atoms with Crippen molar-refractivity contribution in [2.75, 3.05) is 0 Å². The topological polar surface area (TPSA) is 174 Å². The smallest absolute Gasteiger partial charge is 0.335 e. The van der Waals surface area contributed by atoms with Crippen LogP contribution in [0.4, 0.5) is 0 Å². The van der Waals surface area contributed by atoms with Gasteiger partial charge >= 0.3 is 11.9 Å². The highest BCUT2D eigenvalue weighted by Crippen LogP contribution is 2.76. The van der Waals surface area contributed by atoms with E-state index in [1.165, 1.54) is 0 Å². The summed E-state index contributed by atoms with van der Waals surface area (Å²) in [5.74, 6) is -2.07. The average molecular weight is 649 g/mol. The lowest BCUT2D eigenvalue weighted by Crippen LogP contribution is -2.68. The predicted molar refractivity (Wildman–Crippen MR) is 167 cm³/mol. The summed E-state index contributed by atoms with van der Waals surface area (Å²) in [5.41, 5.74) is -1.71. The van der Waals surface area contributed by atoms with Crippen molar-refractivity contribution >= 4 is 11.9 Å². The number of rotatable bonds is 4. The minimum Gasteiger partial charge on any atom is -0.481 e. The molecule has 15 atom stereocenters. The van der Waals surface area contributed by atoms with Crippen molar-refractivity contribution in [3.63, 3.8) is 0 Å². The summed E-state index contributed by atoms with van der Waals surface area (Å²) < 4.78 is 11.9. The summed E-state index contributed by atoms with van der Waals surface area (Å²) in [4.78, 5) is 24.7. The van der Waals surface area contributed by atoms with E-state index in [2.05, 4.69) is 47.6 Å². The summed E-state index contributed by atoms with van der Waals surface area (Å²) in [6.45, 7) is 15.4. The fourth-order valence-corrected chi connectivity index (χ4v) is 12.4. The van der Waals surface area contributed by atoms with E-state index in [1.54, 1.807) is 0 Å². The van der Waals surface area contributed by atoms with Gasteiger partial charge in [0, 0.05) is 5.92 Å². The van der Waals surface area contributed by atoms with Gasteiger partial charge in [0.1, 0.15) is 18.3 Å². The van der Waals surface area contributed by atoms with Crippen molar-refractivity contribution in [2.24, 2.45) is 50.7 Å². The zero-order chi connectivity index (χ0) is 34.0.